The molecular formula is C13H17N3S. The normalized spacial score (nSPS) is 17.6. The lowest BCUT2D eigenvalue weighted by Crippen LogP contribution is -2.30. The summed E-state index contributed by atoms with van der Waals surface area (Å²) < 4.78 is 0.365. The van der Waals surface area contributed by atoms with Crippen molar-refractivity contribution in [3.8, 4) is 6.07 Å². The molecule has 1 aliphatic carbocycles. The first kappa shape index (κ1) is 12.3. The van der Waals surface area contributed by atoms with Crippen molar-refractivity contribution in [2.24, 2.45) is 0 Å². The van der Waals surface area contributed by atoms with Crippen LogP contribution in [-0.2, 0) is 0 Å². The Morgan fingerprint density at radius 1 is 1.53 bits per heavy atom. The molecule has 1 saturated carbocycles. The van der Waals surface area contributed by atoms with Gasteiger partial charge < -0.3 is 5.32 Å². The fourth-order valence-corrected chi connectivity index (χ4v) is 3.23. The lowest BCUT2D eigenvalue weighted by atomic mass is 10.1. The zero-order valence-corrected chi connectivity index (χ0v) is 10.9. The minimum atomic E-state index is 0.365. The number of hydrogen-bond acceptors (Lipinski definition) is 4. The molecule has 0 aromatic carbocycles. The molecule has 1 heterocycles. The first-order valence-corrected chi connectivity index (χ1v) is 7.16. The Morgan fingerprint density at radius 3 is 2.94 bits per heavy atom. The maximum atomic E-state index is 8.83. The Labute approximate surface area is 107 Å². The molecule has 0 unspecified atom stereocenters. The molecule has 1 N–H and O–H groups in total. The van der Waals surface area contributed by atoms with Gasteiger partial charge in [-0.05, 0) is 31.2 Å². The van der Waals surface area contributed by atoms with Crippen molar-refractivity contribution in [2.45, 2.75) is 30.4 Å². The summed E-state index contributed by atoms with van der Waals surface area (Å²) in [6, 6.07) is 5.67. The summed E-state index contributed by atoms with van der Waals surface area (Å²) in [5.41, 5.74) is 0.659. The van der Waals surface area contributed by atoms with Crippen LogP contribution in [0.3, 0.4) is 0 Å². The third-order valence-corrected chi connectivity index (χ3v) is 4.85. The van der Waals surface area contributed by atoms with Gasteiger partial charge in [0.05, 0.1) is 11.6 Å². The van der Waals surface area contributed by atoms with E-state index in [9.17, 15) is 0 Å². The van der Waals surface area contributed by atoms with Crippen molar-refractivity contribution in [1.29, 1.82) is 5.26 Å². The molecule has 3 nitrogen and oxygen atoms in total. The van der Waals surface area contributed by atoms with Gasteiger partial charge in [0.15, 0.2) is 0 Å². The SMILES string of the molecule is CSC1(CNc2cc(C#N)ccn2)CCCC1. The monoisotopic (exact) mass is 247 g/mol. The molecule has 4 heteroatoms. The molecule has 1 fully saturated rings. The minimum absolute atomic E-state index is 0.365. The molecule has 0 saturated heterocycles. The van der Waals surface area contributed by atoms with Crippen molar-refractivity contribution < 1.29 is 0 Å². The number of pyridine rings is 1. The standard InChI is InChI=1S/C13H17N3S/c1-17-13(5-2-3-6-13)10-16-12-8-11(9-14)4-7-15-12/h4,7-8H,2-3,5-6,10H2,1H3,(H,15,16). The maximum Gasteiger partial charge on any atom is 0.127 e. The molecule has 0 atom stereocenters. The molecule has 1 aromatic rings. The van der Waals surface area contributed by atoms with E-state index in [1.165, 1.54) is 25.7 Å². The van der Waals surface area contributed by atoms with Crippen LogP contribution in [0.5, 0.6) is 0 Å². The summed E-state index contributed by atoms with van der Waals surface area (Å²) in [6.07, 6.45) is 9.08. The molecule has 0 amide bonds. The van der Waals surface area contributed by atoms with E-state index < -0.39 is 0 Å². The predicted molar refractivity (Wildman–Crippen MR) is 72.2 cm³/mol. The fraction of sp³-hybridized carbons (Fsp3) is 0.538. The zero-order chi connectivity index (χ0) is 12.1. The first-order chi connectivity index (χ1) is 8.28. The molecule has 0 bridgehead atoms. The minimum Gasteiger partial charge on any atom is -0.369 e. The molecule has 1 aliphatic rings. The number of nitrogens with zero attached hydrogens (tertiary/aromatic N) is 2. The topological polar surface area (TPSA) is 48.7 Å². The van der Waals surface area contributed by atoms with Crippen LogP contribution in [0.4, 0.5) is 5.82 Å². The summed E-state index contributed by atoms with van der Waals surface area (Å²) in [5.74, 6) is 0.810. The lowest BCUT2D eigenvalue weighted by molar-refractivity contribution is 0.638. The number of nitrogens with one attached hydrogen (secondary N) is 1. The number of aromatic nitrogens is 1. The van der Waals surface area contributed by atoms with Crippen LogP contribution in [0.15, 0.2) is 18.3 Å². The predicted octanol–water partition coefficient (Wildman–Crippen LogP) is 3.04. The molecule has 0 radical (unpaired) electrons. The lowest BCUT2D eigenvalue weighted by Gasteiger charge is -2.27. The number of rotatable bonds is 4. The Kier molecular flexibility index (Phi) is 3.90. The zero-order valence-electron chi connectivity index (χ0n) is 10.1. The van der Waals surface area contributed by atoms with Gasteiger partial charge in [0.1, 0.15) is 5.82 Å². The van der Waals surface area contributed by atoms with Crippen molar-refractivity contribution in [2.75, 3.05) is 18.1 Å². The van der Waals surface area contributed by atoms with E-state index in [1.54, 1.807) is 12.3 Å². The summed E-state index contributed by atoms with van der Waals surface area (Å²) in [5, 5.41) is 12.2. The highest BCUT2D eigenvalue weighted by molar-refractivity contribution is 8.00. The average Bonchev–Trinajstić information content (AvgIpc) is 2.86. The molecular weight excluding hydrogens is 230 g/mol. The largest absolute Gasteiger partial charge is 0.369 e. The van der Waals surface area contributed by atoms with Gasteiger partial charge in [0, 0.05) is 17.5 Å². The number of nitriles is 1. The van der Waals surface area contributed by atoms with Crippen molar-refractivity contribution in [1.82, 2.24) is 4.98 Å². The molecule has 1 aromatic heterocycles. The van der Waals surface area contributed by atoms with Gasteiger partial charge in [-0.1, -0.05) is 12.8 Å². The Balaban J connectivity index is 1.99. The van der Waals surface area contributed by atoms with E-state index in [2.05, 4.69) is 22.6 Å². The van der Waals surface area contributed by atoms with Crippen LogP contribution in [0.1, 0.15) is 31.2 Å². The molecule has 0 spiro atoms. The van der Waals surface area contributed by atoms with Gasteiger partial charge in [-0.15, -0.1) is 0 Å². The maximum absolute atomic E-state index is 8.83. The van der Waals surface area contributed by atoms with Crippen LogP contribution in [-0.4, -0.2) is 22.5 Å². The number of hydrogen-bond donors (Lipinski definition) is 1. The second-order valence-corrected chi connectivity index (χ2v) is 5.76. The van der Waals surface area contributed by atoms with E-state index in [1.807, 2.05) is 17.8 Å². The van der Waals surface area contributed by atoms with Crippen LogP contribution in [0.25, 0.3) is 0 Å². The van der Waals surface area contributed by atoms with Crippen LogP contribution in [0.2, 0.25) is 0 Å². The van der Waals surface area contributed by atoms with Crippen molar-refractivity contribution >= 4 is 17.6 Å². The highest BCUT2D eigenvalue weighted by Gasteiger charge is 2.32. The Morgan fingerprint density at radius 2 is 2.29 bits per heavy atom. The van der Waals surface area contributed by atoms with E-state index in [0.717, 1.165) is 12.4 Å². The van der Waals surface area contributed by atoms with Crippen molar-refractivity contribution in [3.63, 3.8) is 0 Å². The van der Waals surface area contributed by atoms with Crippen LogP contribution < -0.4 is 5.32 Å². The van der Waals surface area contributed by atoms with E-state index in [-0.39, 0.29) is 0 Å². The molecule has 2 rings (SSSR count). The summed E-state index contributed by atoms with van der Waals surface area (Å²) in [6.45, 7) is 0.941. The first-order valence-electron chi connectivity index (χ1n) is 5.93. The summed E-state index contributed by atoms with van der Waals surface area (Å²) in [4.78, 5) is 4.24. The van der Waals surface area contributed by atoms with Crippen LogP contribution in [0, 0.1) is 11.3 Å². The van der Waals surface area contributed by atoms with Gasteiger partial charge >= 0.3 is 0 Å². The molecule has 90 valence electrons. The highest BCUT2D eigenvalue weighted by atomic mass is 32.2. The number of anilines is 1. The van der Waals surface area contributed by atoms with Crippen molar-refractivity contribution in [3.05, 3.63) is 23.9 Å². The van der Waals surface area contributed by atoms with E-state index >= 15 is 0 Å². The molecule has 17 heavy (non-hydrogen) atoms. The Bertz CT molecular complexity index is 419. The number of thioether (sulfide) groups is 1. The third kappa shape index (κ3) is 2.92. The van der Waals surface area contributed by atoms with Gasteiger partial charge in [0.25, 0.3) is 0 Å². The highest BCUT2D eigenvalue weighted by Crippen LogP contribution is 2.40. The van der Waals surface area contributed by atoms with Crippen LogP contribution >= 0.6 is 11.8 Å². The van der Waals surface area contributed by atoms with E-state index in [0.29, 0.717) is 10.3 Å². The van der Waals surface area contributed by atoms with Gasteiger partial charge in [-0.2, -0.15) is 17.0 Å². The van der Waals surface area contributed by atoms with Gasteiger partial charge in [0.2, 0.25) is 0 Å². The fourth-order valence-electron chi connectivity index (χ4n) is 2.32. The molecule has 0 aliphatic heterocycles. The van der Waals surface area contributed by atoms with Gasteiger partial charge in [-0.3, -0.25) is 0 Å². The van der Waals surface area contributed by atoms with E-state index in [4.69, 9.17) is 5.26 Å². The second kappa shape index (κ2) is 5.42. The Hall–Kier alpha value is -1.21. The summed E-state index contributed by atoms with van der Waals surface area (Å²) >= 11 is 1.95. The quantitative estimate of drug-likeness (QED) is 0.888. The third-order valence-electron chi connectivity index (χ3n) is 3.43. The summed E-state index contributed by atoms with van der Waals surface area (Å²) in [7, 11) is 0. The van der Waals surface area contributed by atoms with Gasteiger partial charge in [-0.25, -0.2) is 4.98 Å². The average molecular weight is 247 g/mol. The smallest absolute Gasteiger partial charge is 0.127 e. The second-order valence-electron chi connectivity index (χ2n) is 4.49.